The summed E-state index contributed by atoms with van der Waals surface area (Å²) in [5.41, 5.74) is 5.85. The van der Waals surface area contributed by atoms with E-state index in [0.29, 0.717) is 44.2 Å². The summed E-state index contributed by atoms with van der Waals surface area (Å²) < 4.78 is 16.0. The van der Waals surface area contributed by atoms with Crippen molar-refractivity contribution in [1.82, 2.24) is 10.2 Å². The average molecular weight is 393 g/mol. The van der Waals surface area contributed by atoms with Crippen molar-refractivity contribution in [3.8, 4) is 11.5 Å². The van der Waals surface area contributed by atoms with E-state index in [0.717, 1.165) is 18.4 Å². The van der Waals surface area contributed by atoms with Crippen molar-refractivity contribution in [1.29, 1.82) is 0 Å². The number of hydrogen-bond acceptors (Lipinski definition) is 6. The Bertz CT molecular complexity index is 694. The molecule has 28 heavy (non-hydrogen) atoms. The maximum absolute atomic E-state index is 12.2. The number of nitrogens with one attached hydrogen (secondary N) is 1. The maximum atomic E-state index is 12.2. The summed E-state index contributed by atoms with van der Waals surface area (Å²) in [6.07, 6.45) is 2.34. The first kappa shape index (κ1) is 21.3. The third-order valence-electron chi connectivity index (χ3n) is 4.17. The zero-order valence-corrected chi connectivity index (χ0v) is 16.1. The lowest BCUT2D eigenvalue weighted by molar-refractivity contribution is -0.151. The van der Waals surface area contributed by atoms with Gasteiger partial charge in [0.05, 0.1) is 0 Å². The van der Waals surface area contributed by atoms with Crippen LogP contribution in [0.25, 0.3) is 0 Å². The molecule has 1 aromatic carbocycles. The third kappa shape index (κ3) is 7.34. The zero-order chi connectivity index (χ0) is 20.4. The molecule has 9 nitrogen and oxygen atoms in total. The highest BCUT2D eigenvalue weighted by atomic mass is 16.6. The Kier molecular flexibility index (Phi) is 8.38. The van der Waals surface area contributed by atoms with Gasteiger partial charge in [-0.25, -0.2) is 4.79 Å². The molecule has 0 bridgehead atoms. The highest BCUT2D eigenvalue weighted by Gasteiger charge is 2.15. The van der Waals surface area contributed by atoms with Crippen LogP contribution in [0.15, 0.2) is 18.2 Å². The number of nitrogens with zero attached hydrogens (tertiary/aromatic N) is 1. The fraction of sp³-hybridized carbons (Fsp3) is 0.526. The Labute approximate surface area is 164 Å². The second-order valence-electron chi connectivity index (χ2n) is 6.49. The molecule has 0 aromatic heterocycles. The van der Waals surface area contributed by atoms with E-state index in [9.17, 15) is 14.4 Å². The van der Waals surface area contributed by atoms with Gasteiger partial charge in [-0.05, 0) is 30.5 Å². The molecule has 0 saturated carbocycles. The molecule has 0 unspecified atom stereocenters. The molecule has 1 aliphatic heterocycles. The minimum atomic E-state index is -0.557. The summed E-state index contributed by atoms with van der Waals surface area (Å²) in [4.78, 5) is 35.9. The van der Waals surface area contributed by atoms with Crippen molar-refractivity contribution in [2.24, 2.45) is 5.73 Å². The van der Waals surface area contributed by atoms with Crippen molar-refractivity contribution in [2.45, 2.75) is 32.2 Å². The second kappa shape index (κ2) is 11.0. The number of nitrogens with two attached hydrogens (primary N) is 1. The molecule has 0 radical (unpaired) electrons. The van der Waals surface area contributed by atoms with Gasteiger partial charge < -0.3 is 30.2 Å². The number of rotatable bonds is 10. The van der Waals surface area contributed by atoms with E-state index in [-0.39, 0.29) is 18.9 Å². The van der Waals surface area contributed by atoms with E-state index in [2.05, 4.69) is 5.32 Å². The minimum absolute atomic E-state index is 0.232. The number of carbonyl (C=O) groups excluding carboxylic acids is 3. The van der Waals surface area contributed by atoms with Gasteiger partial charge >= 0.3 is 12.0 Å². The van der Waals surface area contributed by atoms with E-state index in [1.54, 1.807) is 7.05 Å². The van der Waals surface area contributed by atoms with E-state index in [1.165, 1.54) is 4.90 Å². The molecule has 0 aliphatic carbocycles. The van der Waals surface area contributed by atoms with E-state index < -0.39 is 12.0 Å². The predicted octanol–water partition coefficient (Wildman–Crippen LogP) is 1.19. The summed E-state index contributed by atoms with van der Waals surface area (Å²) in [5, 5.41) is 2.48. The largest absolute Gasteiger partial charge is 0.486 e. The molecule has 9 heteroatoms. The number of primary amides is 1. The second-order valence-corrected chi connectivity index (χ2v) is 6.49. The summed E-state index contributed by atoms with van der Waals surface area (Å²) in [6.45, 7) is 1.60. The van der Waals surface area contributed by atoms with Gasteiger partial charge in [0.1, 0.15) is 13.2 Å². The predicted molar refractivity (Wildman–Crippen MR) is 101 cm³/mol. The molecule has 3 amide bonds. The SMILES string of the molecule is CN(Cc1ccc2c(c1)OCCO2)C(=O)COC(=O)CCCCCNC(N)=O. The van der Waals surface area contributed by atoms with Gasteiger partial charge in [-0.2, -0.15) is 0 Å². The molecule has 0 fully saturated rings. The van der Waals surface area contributed by atoms with Crippen molar-refractivity contribution in [3.63, 3.8) is 0 Å². The summed E-state index contributed by atoms with van der Waals surface area (Å²) in [6, 6.07) is 4.98. The molecule has 1 heterocycles. The molecule has 154 valence electrons. The van der Waals surface area contributed by atoms with Crippen molar-refractivity contribution >= 4 is 17.9 Å². The Balaban J connectivity index is 1.64. The Morgan fingerprint density at radius 3 is 2.64 bits per heavy atom. The quantitative estimate of drug-likeness (QED) is 0.455. The highest BCUT2D eigenvalue weighted by molar-refractivity contribution is 5.80. The van der Waals surface area contributed by atoms with Crippen LogP contribution in [0.3, 0.4) is 0 Å². The fourth-order valence-corrected chi connectivity index (χ4v) is 2.66. The van der Waals surface area contributed by atoms with Crippen LogP contribution < -0.4 is 20.5 Å². The number of ether oxygens (including phenoxy) is 3. The molecule has 1 aromatic rings. The Morgan fingerprint density at radius 1 is 1.14 bits per heavy atom. The molecule has 0 atom stereocenters. The zero-order valence-electron chi connectivity index (χ0n) is 16.1. The summed E-state index contributed by atoms with van der Waals surface area (Å²) >= 11 is 0. The van der Waals surface area contributed by atoms with Crippen LogP contribution in [0.4, 0.5) is 4.79 Å². The maximum Gasteiger partial charge on any atom is 0.312 e. The van der Waals surface area contributed by atoms with E-state index in [1.807, 2.05) is 18.2 Å². The van der Waals surface area contributed by atoms with Gasteiger partial charge in [0.15, 0.2) is 18.1 Å². The van der Waals surface area contributed by atoms with Crippen LogP contribution in [0, 0.1) is 0 Å². The number of likely N-dealkylation sites (N-methyl/N-ethyl adjacent to an activating group) is 1. The smallest absolute Gasteiger partial charge is 0.312 e. The van der Waals surface area contributed by atoms with Crippen molar-refractivity contribution < 1.29 is 28.6 Å². The van der Waals surface area contributed by atoms with Gasteiger partial charge in [0.25, 0.3) is 5.91 Å². The minimum Gasteiger partial charge on any atom is -0.486 e. The van der Waals surface area contributed by atoms with Crippen LogP contribution in [-0.4, -0.2) is 56.2 Å². The van der Waals surface area contributed by atoms with Crippen LogP contribution in [0.1, 0.15) is 31.2 Å². The van der Waals surface area contributed by atoms with Gasteiger partial charge in [-0.1, -0.05) is 12.5 Å². The topological polar surface area (TPSA) is 120 Å². The number of amides is 3. The average Bonchev–Trinajstić information content (AvgIpc) is 2.68. The number of urea groups is 1. The Morgan fingerprint density at radius 2 is 1.89 bits per heavy atom. The number of fused-ring (bicyclic) bond motifs is 1. The van der Waals surface area contributed by atoms with Gasteiger partial charge in [-0.3, -0.25) is 9.59 Å². The first-order chi connectivity index (χ1) is 13.5. The Hall–Kier alpha value is -2.97. The van der Waals surface area contributed by atoms with Crippen molar-refractivity contribution in [2.75, 3.05) is 33.4 Å². The van der Waals surface area contributed by atoms with E-state index in [4.69, 9.17) is 19.9 Å². The number of unbranched alkanes of at least 4 members (excludes halogenated alkanes) is 2. The van der Waals surface area contributed by atoms with Crippen molar-refractivity contribution in [3.05, 3.63) is 23.8 Å². The molecule has 0 spiro atoms. The standard InChI is InChI=1S/C19H27N3O6/c1-22(12-14-6-7-15-16(11-14)27-10-9-26-15)17(23)13-28-18(24)5-3-2-4-8-21-19(20)25/h6-7,11H,2-5,8-10,12-13H2,1H3,(H3,20,21,25). The lowest BCUT2D eigenvalue weighted by Gasteiger charge is -2.21. The monoisotopic (exact) mass is 393 g/mol. The molecule has 3 N–H and O–H groups in total. The number of esters is 1. The van der Waals surface area contributed by atoms with Gasteiger partial charge in [0, 0.05) is 26.6 Å². The third-order valence-corrected chi connectivity index (χ3v) is 4.17. The first-order valence-corrected chi connectivity index (χ1v) is 9.27. The van der Waals surface area contributed by atoms with Gasteiger partial charge in [0.2, 0.25) is 0 Å². The molecular weight excluding hydrogens is 366 g/mol. The van der Waals surface area contributed by atoms with Crippen LogP contribution in [-0.2, 0) is 20.9 Å². The number of benzene rings is 1. The summed E-state index contributed by atoms with van der Waals surface area (Å²) in [5.74, 6) is 0.670. The van der Waals surface area contributed by atoms with Crippen LogP contribution >= 0.6 is 0 Å². The number of hydrogen-bond donors (Lipinski definition) is 2. The fourth-order valence-electron chi connectivity index (χ4n) is 2.66. The number of carbonyl (C=O) groups is 3. The molecular formula is C19H27N3O6. The first-order valence-electron chi connectivity index (χ1n) is 9.27. The van der Waals surface area contributed by atoms with Crippen LogP contribution in [0.2, 0.25) is 0 Å². The lowest BCUT2D eigenvalue weighted by atomic mass is 10.2. The highest BCUT2D eigenvalue weighted by Crippen LogP contribution is 2.31. The van der Waals surface area contributed by atoms with Gasteiger partial charge in [-0.15, -0.1) is 0 Å². The molecule has 0 saturated heterocycles. The molecule has 1 aliphatic rings. The van der Waals surface area contributed by atoms with Crippen LogP contribution in [0.5, 0.6) is 11.5 Å². The van der Waals surface area contributed by atoms with E-state index >= 15 is 0 Å². The lowest BCUT2D eigenvalue weighted by Crippen LogP contribution is -2.31. The normalized spacial score (nSPS) is 12.2. The molecule has 2 rings (SSSR count). The summed E-state index contributed by atoms with van der Waals surface area (Å²) in [7, 11) is 1.65.